The van der Waals surface area contributed by atoms with Crippen molar-refractivity contribution >= 4 is 33.0 Å². The van der Waals surface area contributed by atoms with Crippen LogP contribution in [0.15, 0.2) is 51.7 Å². The molecular weight excluding hydrogens is 245 g/mol. The first-order valence-electron chi connectivity index (χ1n) is 5.87. The van der Waals surface area contributed by atoms with Crippen molar-refractivity contribution in [3.63, 3.8) is 0 Å². The standard InChI is InChI=1S/C15H8FNO2/c16-8-5-6-10-12(7-8)19-15-13(14(10)18)9-3-1-2-4-11(9)17-15/h1-7,17H. The largest absolute Gasteiger partial charge is 0.439 e. The summed E-state index contributed by atoms with van der Waals surface area (Å²) in [6.07, 6.45) is 0. The molecule has 0 saturated carbocycles. The summed E-state index contributed by atoms with van der Waals surface area (Å²) in [5, 5.41) is 1.71. The molecule has 0 aliphatic carbocycles. The van der Waals surface area contributed by atoms with Crippen LogP contribution in [-0.4, -0.2) is 4.98 Å². The van der Waals surface area contributed by atoms with Crippen molar-refractivity contribution in [2.75, 3.05) is 0 Å². The van der Waals surface area contributed by atoms with E-state index in [4.69, 9.17) is 4.42 Å². The van der Waals surface area contributed by atoms with Gasteiger partial charge in [-0.2, -0.15) is 0 Å². The minimum atomic E-state index is -0.425. The minimum Gasteiger partial charge on any atom is -0.439 e. The van der Waals surface area contributed by atoms with E-state index in [0.29, 0.717) is 16.5 Å². The molecule has 0 atom stereocenters. The first-order chi connectivity index (χ1) is 9.24. The second kappa shape index (κ2) is 3.45. The molecule has 2 heterocycles. The van der Waals surface area contributed by atoms with E-state index in [0.717, 1.165) is 10.9 Å². The van der Waals surface area contributed by atoms with Gasteiger partial charge in [-0.05, 0) is 18.2 Å². The molecule has 0 radical (unpaired) electrons. The number of nitrogens with one attached hydrogen (secondary N) is 1. The molecule has 0 spiro atoms. The molecule has 2 aromatic carbocycles. The maximum atomic E-state index is 13.2. The Hall–Kier alpha value is -2.62. The van der Waals surface area contributed by atoms with Crippen molar-refractivity contribution in [2.24, 2.45) is 0 Å². The van der Waals surface area contributed by atoms with E-state index >= 15 is 0 Å². The zero-order chi connectivity index (χ0) is 13.0. The molecule has 4 aromatic rings. The Morgan fingerprint density at radius 2 is 1.89 bits per heavy atom. The normalized spacial score (nSPS) is 11.6. The van der Waals surface area contributed by atoms with E-state index in [9.17, 15) is 9.18 Å². The molecule has 3 nitrogen and oxygen atoms in total. The SMILES string of the molecule is O=c1c2ccc(F)cc2oc2[nH]c3ccccc3c12. The maximum absolute atomic E-state index is 13.2. The van der Waals surface area contributed by atoms with Gasteiger partial charge in [-0.15, -0.1) is 0 Å². The Balaban J connectivity index is 2.34. The number of aromatic amines is 1. The van der Waals surface area contributed by atoms with Gasteiger partial charge in [0.05, 0.1) is 10.8 Å². The van der Waals surface area contributed by atoms with Crippen LogP contribution < -0.4 is 5.43 Å². The summed E-state index contributed by atoms with van der Waals surface area (Å²) in [6.45, 7) is 0. The highest BCUT2D eigenvalue weighted by atomic mass is 19.1. The number of aromatic nitrogens is 1. The average Bonchev–Trinajstić information content (AvgIpc) is 2.76. The predicted molar refractivity (Wildman–Crippen MR) is 71.8 cm³/mol. The fourth-order valence-corrected chi connectivity index (χ4v) is 2.43. The van der Waals surface area contributed by atoms with Gasteiger partial charge in [0.25, 0.3) is 0 Å². The molecule has 1 N–H and O–H groups in total. The molecule has 19 heavy (non-hydrogen) atoms. The number of H-pyrrole nitrogens is 1. The average molecular weight is 253 g/mol. The topological polar surface area (TPSA) is 46.0 Å². The number of para-hydroxylation sites is 1. The first kappa shape index (κ1) is 10.3. The number of halogens is 1. The number of rotatable bonds is 0. The van der Waals surface area contributed by atoms with Crippen molar-refractivity contribution in [1.29, 1.82) is 0 Å². The smallest absolute Gasteiger partial charge is 0.209 e. The van der Waals surface area contributed by atoms with E-state index in [1.165, 1.54) is 18.2 Å². The van der Waals surface area contributed by atoms with Crippen LogP contribution in [-0.2, 0) is 0 Å². The lowest BCUT2D eigenvalue weighted by atomic mass is 10.1. The molecule has 0 unspecified atom stereocenters. The maximum Gasteiger partial charge on any atom is 0.209 e. The van der Waals surface area contributed by atoms with Crippen molar-refractivity contribution < 1.29 is 8.81 Å². The molecular formula is C15H8FNO2. The third-order valence-electron chi connectivity index (χ3n) is 3.30. The van der Waals surface area contributed by atoms with Crippen LogP contribution in [0.4, 0.5) is 4.39 Å². The lowest BCUT2D eigenvalue weighted by molar-refractivity contribution is 0.612. The highest BCUT2D eigenvalue weighted by Crippen LogP contribution is 2.25. The lowest BCUT2D eigenvalue weighted by Crippen LogP contribution is -2.01. The van der Waals surface area contributed by atoms with Gasteiger partial charge < -0.3 is 9.40 Å². The van der Waals surface area contributed by atoms with E-state index < -0.39 is 5.82 Å². The fourth-order valence-electron chi connectivity index (χ4n) is 2.43. The Labute approximate surface area is 106 Å². The summed E-state index contributed by atoms with van der Waals surface area (Å²) < 4.78 is 18.8. The van der Waals surface area contributed by atoms with Crippen molar-refractivity contribution in [3.8, 4) is 0 Å². The van der Waals surface area contributed by atoms with Crippen LogP contribution in [0.25, 0.3) is 33.0 Å². The second-order valence-corrected chi connectivity index (χ2v) is 4.45. The Bertz CT molecular complexity index is 997. The minimum absolute atomic E-state index is 0.145. The van der Waals surface area contributed by atoms with Crippen LogP contribution in [0.2, 0.25) is 0 Å². The predicted octanol–water partition coefficient (Wildman–Crippen LogP) is 3.57. The molecule has 4 heteroatoms. The number of fused-ring (bicyclic) bond motifs is 4. The monoisotopic (exact) mass is 253 g/mol. The lowest BCUT2D eigenvalue weighted by Gasteiger charge is -1.97. The molecule has 0 fully saturated rings. The van der Waals surface area contributed by atoms with Gasteiger partial charge in [-0.3, -0.25) is 4.79 Å². The van der Waals surface area contributed by atoms with Crippen LogP contribution in [0.3, 0.4) is 0 Å². The molecule has 92 valence electrons. The summed E-state index contributed by atoms with van der Waals surface area (Å²) in [5.41, 5.74) is 1.32. The van der Waals surface area contributed by atoms with Gasteiger partial charge in [0.1, 0.15) is 11.4 Å². The first-order valence-corrected chi connectivity index (χ1v) is 5.87. The van der Waals surface area contributed by atoms with Gasteiger partial charge in [0.2, 0.25) is 11.1 Å². The zero-order valence-electron chi connectivity index (χ0n) is 9.74. The van der Waals surface area contributed by atoms with Gasteiger partial charge in [-0.1, -0.05) is 18.2 Å². The summed E-state index contributed by atoms with van der Waals surface area (Å²) in [4.78, 5) is 15.5. The van der Waals surface area contributed by atoms with E-state index in [-0.39, 0.29) is 11.0 Å². The molecule has 0 aliphatic rings. The number of hydrogen-bond acceptors (Lipinski definition) is 2. The number of hydrogen-bond donors (Lipinski definition) is 1. The van der Waals surface area contributed by atoms with E-state index in [1.54, 1.807) is 0 Å². The molecule has 0 aliphatic heterocycles. The molecule has 2 aromatic heterocycles. The van der Waals surface area contributed by atoms with Gasteiger partial charge in [-0.25, -0.2) is 4.39 Å². The van der Waals surface area contributed by atoms with Gasteiger partial charge in [0.15, 0.2) is 0 Å². The van der Waals surface area contributed by atoms with E-state index in [1.807, 2.05) is 24.3 Å². The highest BCUT2D eigenvalue weighted by molar-refractivity contribution is 6.07. The summed E-state index contributed by atoms with van der Waals surface area (Å²) in [5.74, 6) is -0.425. The van der Waals surface area contributed by atoms with Crippen LogP contribution >= 0.6 is 0 Å². The summed E-state index contributed by atoms with van der Waals surface area (Å²) in [6, 6.07) is 11.4. The highest BCUT2D eigenvalue weighted by Gasteiger charge is 2.13. The summed E-state index contributed by atoms with van der Waals surface area (Å²) >= 11 is 0. The van der Waals surface area contributed by atoms with Crippen LogP contribution in [0.5, 0.6) is 0 Å². The Kier molecular flexibility index (Phi) is 1.87. The molecule has 4 rings (SSSR count). The zero-order valence-corrected chi connectivity index (χ0v) is 9.74. The quantitative estimate of drug-likeness (QED) is 0.520. The Morgan fingerprint density at radius 1 is 1.05 bits per heavy atom. The van der Waals surface area contributed by atoms with Gasteiger partial charge in [0, 0.05) is 17.0 Å². The van der Waals surface area contributed by atoms with Crippen LogP contribution in [0.1, 0.15) is 0 Å². The second-order valence-electron chi connectivity index (χ2n) is 4.45. The summed E-state index contributed by atoms with van der Waals surface area (Å²) in [7, 11) is 0. The van der Waals surface area contributed by atoms with Crippen molar-refractivity contribution in [2.45, 2.75) is 0 Å². The molecule has 0 amide bonds. The fraction of sp³-hybridized carbons (Fsp3) is 0. The van der Waals surface area contributed by atoms with Crippen molar-refractivity contribution in [3.05, 3.63) is 58.5 Å². The van der Waals surface area contributed by atoms with Crippen molar-refractivity contribution in [1.82, 2.24) is 4.98 Å². The Morgan fingerprint density at radius 3 is 2.79 bits per heavy atom. The van der Waals surface area contributed by atoms with Gasteiger partial charge >= 0.3 is 0 Å². The molecule has 0 saturated heterocycles. The third-order valence-corrected chi connectivity index (χ3v) is 3.30. The third kappa shape index (κ3) is 1.34. The van der Waals surface area contributed by atoms with E-state index in [2.05, 4.69) is 4.98 Å². The number of benzene rings is 2. The molecule has 0 bridgehead atoms. The van der Waals surface area contributed by atoms with Crippen LogP contribution in [0, 0.1) is 5.82 Å².